The number of hydrazine groups is 2. The molecule has 1 amide bonds. The molecule has 0 radical (unpaired) electrons. The van der Waals surface area contributed by atoms with Gasteiger partial charge in [0, 0.05) is 31.3 Å². The summed E-state index contributed by atoms with van der Waals surface area (Å²) < 4.78 is 14.8. The van der Waals surface area contributed by atoms with Crippen molar-refractivity contribution in [2.45, 2.75) is 47.2 Å². The third-order valence-electron chi connectivity index (χ3n) is 7.15. The number of hydrogen-bond donors (Lipinski definition) is 4. The van der Waals surface area contributed by atoms with E-state index >= 15 is 0 Å². The van der Waals surface area contributed by atoms with Crippen LogP contribution in [0.3, 0.4) is 0 Å². The Kier molecular flexibility index (Phi) is 8.09. The molecular formula is C29H34ClN7O4. The second-order valence-electron chi connectivity index (χ2n) is 10.00. The maximum absolute atomic E-state index is 14.0. The number of nitrogens with zero attached hydrogens (tertiary/aromatic N) is 3. The van der Waals surface area contributed by atoms with E-state index in [0.717, 1.165) is 39.2 Å². The summed E-state index contributed by atoms with van der Waals surface area (Å²) in [5, 5.41) is 2.98. The number of ether oxygens (including phenoxy) is 2. The first-order chi connectivity index (χ1) is 19.7. The van der Waals surface area contributed by atoms with E-state index in [0.29, 0.717) is 36.6 Å². The molecule has 2 aromatic carbocycles. The number of aromatic nitrogens is 2. The normalized spacial score (nSPS) is 14.2. The van der Waals surface area contributed by atoms with Crippen LogP contribution in [-0.4, -0.2) is 35.3 Å². The van der Waals surface area contributed by atoms with Gasteiger partial charge in [-0.1, -0.05) is 29.3 Å². The Morgan fingerprint density at radius 2 is 1.85 bits per heavy atom. The molecule has 2 aliphatic rings. The molecule has 3 aromatic rings. The summed E-state index contributed by atoms with van der Waals surface area (Å²) in [6.45, 7) is 9.41. The molecule has 0 saturated carbocycles. The molecule has 2 aliphatic heterocycles. The predicted molar refractivity (Wildman–Crippen MR) is 157 cm³/mol. The zero-order valence-corrected chi connectivity index (χ0v) is 24.5. The molecule has 41 heavy (non-hydrogen) atoms. The molecule has 3 heterocycles. The van der Waals surface area contributed by atoms with Crippen LogP contribution in [0.2, 0.25) is 0 Å². The summed E-state index contributed by atoms with van der Waals surface area (Å²) in [5.41, 5.74) is 15.0. The van der Waals surface area contributed by atoms with E-state index in [4.69, 9.17) is 26.1 Å². The van der Waals surface area contributed by atoms with Crippen LogP contribution < -0.4 is 42.4 Å². The number of carbonyl (C=O) groups is 1. The topological polar surface area (TPSA) is 123 Å². The number of rotatable bonds is 8. The van der Waals surface area contributed by atoms with Gasteiger partial charge in [0.1, 0.15) is 10.6 Å². The first kappa shape index (κ1) is 28.3. The summed E-state index contributed by atoms with van der Waals surface area (Å²) >= 11 is 6.01. The SMILES string of the molecule is CCOc1cc2c(cc1OC)-c1c/c(=N\c3c(C)cc(C)cc3C)n(CCNC(=O)C3=C(Cl)NNN3)c(=O)n1CC2. The average Bonchev–Trinajstić information content (AvgIpc) is 3.37. The van der Waals surface area contributed by atoms with Crippen molar-refractivity contribution >= 4 is 23.2 Å². The van der Waals surface area contributed by atoms with Crippen LogP contribution in [0, 0.1) is 20.8 Å². The highest BCUT2D eigenvalue weighted by Crippen LogP contribution is 2.37. The molecule has 216 valence electrons. The average molecular weight is 580 g/mol. The van der Waals surface area contributed by atoms with Gasteiger partial charge in [0.25, 0.3) is 5.91 Å². The number of methoxy groups -OCH3 is 1. The van der Waals surface area contributed by atoms with Crippen molar-refractivity contribution < 1.29 is 14.3 Å². The fourth-order valence-electron chi connectivity index (χ4n) is 5.33. The molecule has 1 aromatic heterocycles. The Morgan fingerprint density at radius 3 is 2.51 bits per heavy atom. The van der Waals surface area contributed by atoms with Gasteiger partial charge in [0.05, 0.1) is 25.1 Å². The lowest BCUT2D eigenvalue weighted by Crippen LogP contribution is -2.44. The van der Waals surface area contributed by atoms with Gasteiger partial charge in [-0.2, -0.15) is 0 Å². The zero-order chi connectivity index (χ0) is 29.3. The number of carbonyl (C=O) groups excluding carboxylic acids is 1. The summed E-state index contributed by atoms with van der Waals surface area (Å²) in [7, 11) is 1.60. The van der Waals surface area contributed by atoms with Crippen LogP contribution in [0.25, 0.3) is 11.3 Å². The first-order valence-electron chi connectivity index (χ1n) is 13.5. The molecule has 0 saturated heterocycles. The minimum Gasteiger partial charge on any atom is -0.493 e. The third kappa shape index (κ3) is 5.55. The Bertz CT molecular complexity index is 1670. The Labute approximate surface area is 242 Å². The highest BCUT2D eigenvalue weighted by atomic mass is 35.5. The van der Waals surface area contributed by atoms with Gasteiger partial charge >= 0.3 is 5.69 Å². The number of fused-ring (bicyclic) bond motifs is 3. The maximum atomic E-state index is 14.0. The van der Waals surface area contributed by atoms with E-state index in [2.05, 4.69) is 33.8 Å². The van der Waals surface area contributed by atoms with Crippen molar-refractivity contribution in [3.63, 3.8) is 0 Å². The molecule has 12 heteroatoms. The number of benzene rings is 2. The Hall–Kier alpha value is -4.22. The van der Waals surface area contributed by atoms with E-state index in [1.54, 1.807) is 16.2 Å². The van der Waals surface area contributed by atoms with Crippen LogP contribution in [0.1, 0.15) is 29.2 Å². The standard InChI is InChI=1S/C29H34ClN7O4/c1-6-41-23-13-19-7-9-36-21(20(19)14-22(23)40-5)15-24(32-25-17(3)11-16(2)12-18(25)4)37(29(36)39)10-8-31-28(38)26-27(30)34-35-33-26/h11-15,33-35H,6-10H2,1-5H3,(H,31,38)/b32-24+. The molecule has 4 N–H and O–H groups in total. The summed E-state index contributed by atoms with van der Waals surface area (Å²) in [6, 6.07) is 10.0. The van der Waals surface area contributed by atoms with Crippen molar-refractivity contribution in [2.75, 3.05) is 20.3 Å². The van der Waals surface area contributed by atoms with Crippen molar-refractivity contribution in [1.82, 2.24) is 30.8 Å². The van der Waals surface area contributed by atoms with Crippen LogP contribution in [-0.2, 0) is 24.3 Å². The highest BCUT2D eigenvalue weighted by molar-refractivity contribution is 6.31. The second-order valence-corrected chi connectivity index (χ2v) is 10.4. The largest absolute Gasteiger partial charge is 0.493 e. The minimum atomic E-state index is -0.402. The molecule has 0 atom stereocenters. The predicted octanol–water partition coefficient (Wildman–Crippen LogP) is 2.57. The summed E-state index contributed by atoms with van der Waals surface area (Å²) in [5.74, 6) is 0.882. The number of hydrogen-bond acceptors (Lipinski definition) is 8. The maximum Gasteiger partial charge on any atom is 0.330 e. The van der Waals surface area contributed by atoms with E-state index in [1.807, 2.05) is 45.9 Å². The molecule has 11 nitrogen and oxygen atoms in total. The fourth-order valence-corrected chi connectivity index (χ4v) is 5.51. The van der Waals surface area contributed by atoms with Gasteiger partial charge in [-0.05, 0) is 62.9 Å². The Balaban J connectivity index is 1.62. The summed E-state index contributed by atoms with van der Waals surface area (Å²) in [6.07, 6.45) is 0.661. The molecule has 0 fully saturated rings. The van der Waals surface area contributed by atoms with Gasteiger partial charge in [0.15, 0.2) is 17.2 Å². The van der Waals surface area contributed by atoms with Gasteiger partial charge in [0.2, 0.25) is 0 Å². The summed E-state index contributed by atoms with van der Waals surface area (Å²) in [4.78, 5) is 31.6. The van der Waals surface area contributed by atoms with Crippen molar-refractivity contribution in [2.24, 2.45) is 4.99 Å². The zero-order valence-electron chi connectivity index (χ0n) is 23.8. The van der Waals surface area contributed by atoms with Gasteiger partial charge < -0.3 is 14.8 Å². The van der Waals surface area contributed by atoms with Crippen molar-refractivity contribution in [1.29, 1.82) is 0 Å². The van der Waals surface area contributed by atoms with E-state index in [9.17, 15) is 9.59 Å². The van der Waals surface area contributed by atoms with Crippen LogP contribution >= 0.6 is 11.6 Å². The number of halogens is 1. The molecule has 0 aliphatic carbocycles. The van der Waals surface area contributed by atoms with Gasteiger partial charge in [-0.15, -0.1) is 5.53 Å². The first-order valence-corrected chi connectivity index (χ1v) is 13.9. The molecule has 0 bridgehead atoms. The van der Waals surface area contributed by atoms with Crippen molar-refractivity contribution in [3.05, 3.63) is 79.4 Å². The lowest BCUT2D eigenvalue weighted by molar-refractivity contribution is -0.117. The van der Waals surface area contributed by atoms with Crippen LogP contribution in [0.4, 0.5) is 5.69 Å². The fraction of sp³-hybridized carbons (Fsp3) is 0.345. The lowest BCUT2D eigenvalue weighted by Gasteiger charge is -2.25. The molecule has 0 unspecified atom stereocenters. The monoisotopic (exact) mass is 579 g/mol. The van der Waals surface area contributed by atoms with Gasteiger partial charge in [-0.3, -0.25) is 24.8 Å². The van der Waals surface area contributed by atoms with E-state index in [-0.39, 0.29) is 29.6 Å². The molecule has 5 rings (SSSR count). The lowest BCUT2D eigenvalue weighted by atomic mass is 9.97. The number of aryl methyl sites for hydroxylation is 4. The van der Waals surface area contributed by atoms with Gasteiger partial charge in [-0.25, -0.2) is 9.79 Å². The smallest absolute Gasteiger partial charge is 0.330 e. The second kappa shape index (κ2) is 11.7. The molecular weight excluding hydrogens is 546 g/mol. The quantitative estimate of drug-likeness (QED) is 0.303. The third-order valence-corrected chi connectivity index (χ3v) is 7.44. The highest BCUT2D eigenvalue weighted by Gasteiger charge is 2.23. The van der Waals surface area contributed by atoms with Crippen LogP contribution in [0.5, 0.6) is 11.5 Å². The Morgan fingerprint density at radius 1 is 1.10 bits per heavy atom. The molecule has 0 spiro atoms. The minimum absolute atomic E-state index is 0.159. The van der Waals surface area contributed by atoms with Crippen molar-refractivity contribution in [3.8, 4) is 22.8 Å². The van der Waals surface area contributed by atoms with E-state index < -0.39 is 5.91 Å². The van der Waals surface area contributed by atoms with Crippen LogP contribution in [0.15, 0.2) is 51.0 Å². The van der Waals surface area contributed by atoms with E-state index in [1.165, 1.54) is 0 Å². The number of nitrogens with one attached hydrogen (secondary N) is 4. The number of amides is 1.